The Bertz CT molecular complexity index is 1730. The maximum atomic E-state index is 5.97. The lowest BCUT2D eigenvalue weighted by Crippen LogP contribution is -2.21. The van der Waals surface area contributed by atoms with Crippen LogP contribution in [0.3, 0.4) is 0 Å². The molecule has 3 aromatic heterocycles. The molecule has 2 aliphatic rings. The quantitative estimate of drug-likeness (QED) is 0.232. The summed E-state index contributed by atoms with van der Waals surface area (Å²) in [5, 5.41) is 8.58. The number of nitrogens with zero attached hydrogens (tertiary/aromatic N) is 4. The monoisotopic (exact) mass is 559 g/mol. The molecule has 0 bridgehead atoms. The fraction of sp³-hybridized carbons (Fsp3) is 0.343. The third kappa shape index (κ3) is 4.81. The van der Waals surface area contributed by atoms with Crippen molar-refractivity contribution in [2.75, 3.05) is 21.3 Å². The molecule has 3 heterocycles. The molecule has 7 rings (SSSR count). The molecule has 7 nitrogen and oxygen atoms in total. The summed E-state index contributed by atoms with van der Waals surface area (Å²) < 4.78 is 13.4. The molecule has 1 saturated carbocycles. The predicted octanol–water partition coefficient (Wildman–Crippen LogP) is 6.57. The Hall–Kier alpha value is -4.23. The normalized spacial score (nSPS) is 18.0. The lowest BCUT2D eigenvalue weighted by atomic mass is 9.99. The van der Waals surface area contributed by atoms with Crippen LogP contribution >= 0.6 is 0 Å². The van der Waals surface area contributed by atoms with E-state index in [-0.39, 0.29) is 0 Å². The number of aryl methyl sites for hydroxylation is 1. The van der Waals surface area contributed by atoms with Crippen LogP contribution < -0.4 is 14.8 Å². The molecule has 1 N–H and O–H groups in total. The van der Waals surface area contributed by atoms with Gasteiger partial charge in [0.05, 0.1) is 26.3 Å². The number of pyridine rings is 2. The summed E-state index contributed by atoms with van der Waals surface area (Å²) in [4.78, 5) is 10.3. The van der Waals surface area contributed by atoms with Gasteiger partial charge in [-0.25, -0.2) is 4.98 Å². The second-order valence-corrected chi connectivity index (χ2v) is 11.5. The summed E-state index contributed by atoms with van der Waals surface area (Å²) in [5.41, 5.74) is 10.7. The van der Waals surface area contributed by atoms with Crippen LogP contribution in [0.25, 0.3) is 33.5 Å². The van der Waals surface area contributed by atoms with Crippen molar-refractivity contribution in [2.24, 2.45) is 0 Å². The van der Waals surface area contributed by atoms with Crippen LogP contribution in [0.2, 0.25) is 0 Å². The molecule has 2 aromatic carbocycles. The number of hydrogen-bond donors (Lipinski definition) is 1. The smallest absolute Gasteiger partial charge is 0.147 e. The first-order valence-electron chi connectivity index (χ1n) is 15.0. The van der Waals surface area contributed by atoms with Crippen LogP contribution in [0.5, 0.6) is 11.5 Å². The first-order valence-corrected chi connectivity index (χ1v) is 15.0. The van der Waals surface area contributed by atoms with E-state index in [1.54, 1.807) is 14.2 Å². The average molecular weight is 560 g/mol. The summed E-state index contributed by atoms with van der Waals surface area (Å²) in [5.74, 6) is 2.09. The van der Waals surface area contributed by atoms with Crippen LogP contribution in [0.15, 0.2) is 66.9 Å². The molecule has 2 aliphatic carbocycles. The van der Waals surface area contributed by atoms with Crippen LogP contribution in [-0.2, 0) is 19.4 Å². The van der Waals surface area contributed by atoms with E-state index in [2.05, 4.69) is 60.9 Å². The van der Waals surface area contributed by atoms with E-state index in [0.29, 0.717) is 18.5 Å². The molecule has 2 atom stereocenters. The molecule has 5 aromatic rings. The van der Waals surface area contributed by atoms with Crippen molar-refractivity contribution >= 4 is 11.0 Å². The summed E-state index contributed by atoms with van der Waals surface area (Å²) in [6.45, 7) is 0.602. The van der Waals surface area contributed by atoms with E-state index < -0.39 is 0 Å². The third-order valence-corrected chi connectivity index (χ3v) is 9.12. The molecule has 42 heavy (non-hydrogen) atoms. The maximum absolute atomic E-state index is 5.97. The van der Waals surface area contributed by atoms with Gasteiger partial charge in [-0.2, -0.15) is 5.10 Å². The zero-order valence-corrected chi connectivity index (χ0v) is 24.6. The highest BCUT2D eigenvalue weighted by atomic mass is 16.5. The van der Waals surface area contributed by atoms with Crippen molar-refractivity contribution < 1.29 is 9.47 Å². The highest BCUT2D eigenvalue weighted by molar-refractivity contribution is 5.93. The van der Waals surface area contributed by atoms with Crippen molar-refractivity contribution in [2.45, 2.75) is 57.0 Å². The maximum Gasteiger partial charge on any atom is 0.147 e. The molecule has 0 amide bonds. The zero-order chi connectivity index (χ0) is 28.6. The standard InChI is InChI=1S/C35H37N5O2/c1-36-26-14-12-24(18-26)30-17-13-25(20-37-30)33-35-31(40(39-33)21-22-10-15-27(41-2)16-11-22)19-32(42-3)34(38-35)29-9-5-7-23-6-4-8-28(23)29/h5,7,9-11,13,15-17,19-20,24,26,36H,4,6,8,12,14,18,21H2,1-3H3. The molecule has 214 valence electrons. The fourth-order valence-electron chi connectivity index (χ4n) is 6.79. The number of methoxy groups -OCH3 is 2. The second-order valence-electron chi connectivity index (χ2n) is 11.5. The molecule has 7 heteroatoms. The SMILES string of the molecule is CNC1CCC(c2ccc(-c3nn(Cc4ccc(OC)cc4)c4cc(OC)c(-c5cccc6c5CCC6)nc34)cn2)C1. The van der Waals surface area contributed by atoms with E-state index in [9.17, 15) is 0 Å². The first-order chi connectivity index (χ1) is 20.6. The molecule has 0 saturated heterocycles. The highest BCUT2D eigenvalue weighted by Crippen LogP contribution is 2.40. The summed E-state index contributed by atoms with van der Waals surface area (Å²) in [6, 6.07) is 21.7. The van der Waals surface area contributed by atoms with Crippen molar-refractivity contribution in [3.05, 3.63) is 89.2 Å². The highest BCUT2D eigenvalue weighted by Gasteiger charge is 2.26. The van der Waals surface area contributed by atoms with Crippen molar-refractivity contribution in [3.8, 4) is 34.0 Å². The van der Waals surface area contributed by atoms with Crippen LogP contribution in [0.1, 0.15) is 54.0 Å². The van der Waals surface area contributed by atoms with Gasteiger partial charge in [0.2, 0.25) is 0 Å². The van der Waals surface area contributed by atoms with Gasteiger partial charge in [-0.15, -0.1) is 0 Å². The number of hydrogen-bond acceptors (Lipinski definition) is 6. The summed E-state index contributed by atoms with van der Waals surface area (Å²) in [6.07, 6.45) is 8.84. The van der Waals surface area contributed by atoms with E-state index in [1.165, 1.54) is 30.4 Å². The van der Waals surface area contributed by atoms with E-state index in [0.717, 1.165) is 75.6 Å². The van der Waals surface area contributed by atoms with Crippen LogP contribution in [0, 0.1) is 0 Å². The predicted molar refractivity (Wildman–Crippen MR) is 166 cm³/mol. The lowest BCUT2D eigenvalue weighted by molar-refractivity contribution is 0.414. The van der Waals surface area contributed by atoms with Gasteiger partial charge in [0.25, 0.3) is 0 Å². The van der Waals surface area contributed by atoms with Gasteiger partial charge in [0.1, 0.15) is 28.4 Å². The summed E-state index contributed by atoms with van der Waals surface area (Å²) in [7, 11) is 5.47. The number of rotatable bonds is 8. The van der Waals surface area contributed by atoms with Crippen molar-refractivity contribution in [1.29, 1.82) is 0 Å². The number of benzene rings is 2. The van der Waals surface area contributed by atoms with E-state index in [4.69, 9.17) is 24.5 Å². The molecule has 0 radical (unpaired) electrons. The Kier molecular flexibility index (Phi) is 7.12. The zero-order valence-electron chi connectivity index (χ0n) is 24.6. The summed E-state index contributed by atoms with van der Waals surface area (Å²) >= 11 is 0. The van der Waals surface area contributed by atoms with Crippen molar-refractivity contribution in [3.63, 3.8) is 0 Å². The molecule has 1 fully saturated rings. The Labute approximate surface area is 246 Å². The molecule has 2 unspecified atom stereocenters. The van der Waals surface area contributed by atoms with Crippen LogP contribution in [0.4, 0.5) is 0 Å². The minimum atomic E-state index is 0.495. The Balaban J connectivity index is 1.35. The minimum Gasteiger partial charge on any atom is -0.497 e. The van der Waals surface area contributed by atoms with Gasteiger partial charge >= 0.3 is 0 Å². The van der Waals surface area contributed by atoms with Gasteiger partial charge < -0.3 is 14.8 Å². The first kappa shape index (κ1) is 26.7. The lowest BCUT2D eigenvalue weighted by Gasteiger charge is -2.13. The fourth-order valence-corrected chi connectivity index (χ4v) is 6.79. The molecular weight excluding hydrogens is 522 g/mol. The van der Waals surface area contributed by atoms with Crippen LogP contribution in [-0.4, -0.2) is 47.1 Å². The van der Waals surface area contributed by atoms with Crippen molar-refractivity contribution in [1.82, 2.24) is 25.1 Å². The third-order valence-electron chi connectivity index (χ3n) is 9.12. The molecular formula is C35H37N5O2. The van der Waals surface area contributed by atoms with Gasteiger partial charge in [0.15, 0.2) is 0 Å². The molecule has 0 aliphatic heterocycles. The number of aromatic nitrogens is 4. The minimum absolute atomic E-state index is 0.495. The number of nitrogens with one attached hydrogen (secondary N) is 1. The second kappa shape index (κ2) is 11.2. The number of ether oxygens (including phenoxy) is 2. The Morgan fingerprint density at radius 2 is 1.83 bits per heavy atom. The van der Waals surface area contributed by atoms with Gasteiger partial charge in [0, 0.05) is 41.0 Å². The van der Waals surface area contributed by atoms with E-state index >= 15 is 0 Å². The largest absolute Gasteiger partial charge is 0.497 e. The van der Waals surface area contributed by atoms with Gasteiger partial charge in [-0.1, -0.05) is 30.3 Å². The number of fused-ring (bicyclic) bond motifs is 2. The van der Waals surface area contributed by atoms with Gasteiger partial charge in [-0.05, 0) is 86.5 Å². The van der Waals surface area contributed by atoms with Gasteiger partial charge in [-0.3, -0.25) is 9.67 Å². The molecule has 0 spiro atoms. The van der Waals surface area contributed by atoms with E-state index in [1.807, 2.05) is 23.0 Å². The topological polar surface area (TPSA) is 74.1 Å². The average Bonchev–Trinajstić information content (AvgIpc) is 3.80. The Morgan fingerprint density at radius 1 is 0.952 bits per heavy atom. The Morgan fingerprint density at radius 3 is 2.57 bits per heavy atom.